The summed E-state index contributed by atoms with van der Waals surface area (Å²) in [5, 5.41) is 13.0. The van der Waals surface area contributed by atoms with Crippen LogP contribution in [0.5, 0.6) is 0 Å². The lowest BCUT2D eigenvalue weighted by atomic mass is 9.77. The fourth-order valence-corrected chi connectivity index (χ4v) is 4.29. The lowest BCUT2D eigenvalue weighted by Crippen LogP contribution is -2.38. The topological polar surface area (TPSA) is 79.3 Å². The molecule has 148 valence electrons. The van der Waals surface area contributed by atoms with Crippen molar-refractivity contribution in [1.82, 2.24) is 4.98 Å². The van der Waals surface area contributed by atoms with Gasteiger partial charge in [-0.1, -0.05) is 102 Å². The zero-order valence-corrected chi connectivity index (χ0v) is 16.7. The summed E-state index contributed by atoms with van der Waals surface area (Å²) in [5.74, 6) is -2.46. The van der Waals surface area contributed by atoms with Gasteiger partial charge in [-0.15, -0.1) is 0 Å². The first kappa shape index (κ1) is 19.5. The van der Waals surface area contributed by atoms with Gasteiger partial charge in [0.25, 0.3) is 5.78 Å². The number of hydrogen-bond donors (Lipinski definition) is 2. The van der Waals surface area contributed by atoms with E-state index in [0.29, 0.717) is 5.13 Å². The molecule has 0 radical (unpaired) electrons. The normalized spacial score (nSPS) is 11.1. The molecule has 6 heteroatoms. The van der Waals surface area contributed by atoms with Gasteiger partial charge in [0.2, 0.25) is 0 Å². The quantitative estimate of drug-likeness (QED) is 0.258. The van der Waals surface area contributed by atoms with E-state index >= 15 is 0 Å². The summed E-state index contributed by atoms with van der Waals surface area (Å²) in [7, 11) is 0. The summed E-state index contributed by atoms with van der Waals surface area (Å²) in [5.41, 5.74) is 2.18. The van der Waals surface area contributed by atoms with Crippen molar-refractivity contribution in [1.29, 1.82) is 0 Å². The summed E-state index contributed by atoms with van der Waals surface area (Å²) in [6.45, 7) is 0. The molecule has 1 heterocycles. The number of thiazole rings is 1. The first-order chi connectivity index (χ1) is 14.6. The standard InChI is InChI=1S/C24H18N2O3S/c27-21(22(28)29)20-16-25-23(30-20)26-24(17-10-4-1-5-11-17,18-12-6-2-7-13-18)19-14-8-3-9-15-19/h1-16H,(H,25,26)(H,28,29). The number of hydrogen-bond acceptors (Lipinski definition) is 5. The maximum Gasteiger partial charge on any atom is 0.378 e. The van der Waals surface area contributed by atoms with Crippen molar-refractivity contribution >= 4 is 28.2 Å². The Morgan fingerprint density at radius 3 is 1.60 bits per heavy atom. The van der Waals surface area contributed by atoms with E-state index in [2.05, 4.69) is 10.3 Å². The van der Waals surface area contributed by atoms with Crippen LogP contribution >= 0.6 is 11.3 Å². The van der Waals surface area contributed by atoms with Crippen LogP contribution in [0.4, 0.5) is 5.13 Å². The van der Waals surface area contributed by atoms with Gasteiger partial charge in [0.1, 0.15) is 10.4 Å². The SMILES string of the molecule is O=C(O)C(=O)c1cnc(NC(c2ccccc2)(c2ccccc2)c2ccccc2)s1. The molecule has 0 atom stereocenters. The highest BCUT2D eigenvalue weighted by Gasteiger charge is 2.37. The van der Waals surface area contributed by atoms with Gasteiger partial charge in [0, 0.05) is 0 Å². The van der Waals surface area contributed by atoms with Gasteiger partial charge in [-0.05, 0) is 16.7 Å². The predicted molar refractivity (Wildman–Crippen MR) is 117 cm³/mol. The second-order valence-electron chi connectivity index (χ2n) is 6.64. The van der Waals surface area contributed by atoms with E-state index in [1.165, 1.54) is 6.20 Å². The fraction of sp³-hybridized carbons (Fsp3) is 0.0417. The Morgan fingerprint density at radius 1 is 0.767 bits per heavy atom. The van der Waals surface area contributed by atoms with Crippen LogP contribution in [-0.4, -0.2) is 21.8 Å². The molecule has 0 fully saturated rings. The van der Waals surface area contributed by atoms with Crippen molar-refractivity contribution in [3.05, 3.63) is 119 Å². The number of rotatable bonds is 7. The molecule has 5 nitrogen and oxygen atoms in total. The van der Waals surface area contributed by atoms with Crippen LogP contribution in [0.2, 0.25) is 0 Å². The zero-order valence-electron chi connectivity index (χ0n) is 15.9. The number of ketones is 1. The Hall–Kier alpha value is -3.77. The first-order valence-corrected chi connectivity index (χ1v) is 10.1. The number of carboxylic acid groups (broad SMARTS) is 1. The number of benzene rings is 3. The second kappa shape index (κ2) is 8.31. The summed E-state index contributed by atoms with van der Waals surface area (Å²) in [6.07, 6.45) is 1.30. The lowest BCUT2D eigenvalue weighted by molar-refractivity contribution is -0.131. The highest BCUT2D eigenvalue weighted by atomic mass is 32.1. The fourth-order valence-electron chi connectivity index (χ4n) is 3.48. The van der Waals surface area contributed by atoms with E-state index in [-0.39, 0.29) is 4.88 Å². The van der Waals surface area contributed by atoms with Crippen molar-refractivity contribution < 1.29 is 14.7 Å². The third-order valence-electron chi connectivity index (χ3n) is 4.84. The molecule has 0 amide bonds. The molecular weight excluding hydrogens is 396 g/mol. The number of carboxylic acids is 1. The van der Waals surface area contributed by atoms with E-state index in [9.17, 15) is 9.59 Å². The smallest absolute Gasteiger partial charge is 0.378 e. The molecule has 0 aliphatic rings. The molecule has 4 rings (SSSR count). The second-order valence-corrected chi connectivity index (χ2v) is 7.67. The van der Waals surface area contributed by atoms with Crippen LogP contribution < -0.4 is 5.32 Å². The molecule has 0 bridgehead atoms. The number of carbonyl (C=O) groups is 2. The molecule has 1 aromatic heterocycles. The average Bonchev–Trinajstić information content (AvgIpc) is 3.27. The highest BCUT2D eigenvalue weighted by molar-refractivity contribution is 7.18. The number of aromatic nitrogens is 1. The molecule has 0 saturated heterocycles. The Morgan fingerprint density at radius 2 is 1.20 bits per heavy atom. The molecule has 0 aliphatic heterocycles. The maximum atomic E-state index is 11.9. The molecule has 0 saturated carbocycles. The van der Waals surface area contributed by atoms with Crippen LogP contribution in [0.15, 0.2) is 97.2 Å². The third-order valence-corrected chi connectivity index (χ3v) is 5.75. The minimum atomic E-state index is -1.49. The number of Topliss-reactive ketones (excluding diaryl/α,β-unsaturated/α-hetero) is 1. The van der Waals surface area contributed by atoms with E-state index in [1.54, 1.807) is 0 Å². The molecule has 0 spiro atoms. The number of nitrogens with zero attached hydrogens (tertiary/aromatic N) is 1. The van der Waals surface area contributed by atoms with Crippen LogP contribution in [0.25, 0.3) is 0 Å². The number of carbonyl (C=O) groups excluding carboxylic acids is 1. The van der Waals surface area contributed by atoms with Crippen molar-refractivity contribution in [2.45, 2.75) is 5.54 Å². The van der Waals surface area contributed by atoms with Gasteiger partial charge >= 0.3 is 5.97 Å². The number of anilines is 1. The summed E-state index contributed by atoms with van der Waals surface area (Å²) < 4.78 is 0. The van der Waals surface area contributed by atoms with Crippen molar-refractivity contribution in [2.24, 2.45) is 0 Å². The minimum Gasteiger partial charge on any atom is -0.475 e. The highest BCUT2D eigenvalue weighted by Crippen LogP contribution is 2.40. The first-order valence-electron chi connectivity index (χ1n) is 9.29. The van der Waals surface area contributed by atoms with Crippen molar-refractivity contribution in [3.63, 3.8) is 0 Å². The van der Waals surface area contributed by atoms with Gasteiger partial charge in [0.15, 0.2) is 5.13 Å². The minimum absolute atomic E-state index is 0.0769. The molecule has 0 aliphatic carbocycles. The van der Waals surface area contributed by atoms with Gasteiger partial charge in [-0.2, -0.15) is 0 Å². The van der Waals surface area contributed by atoms with Gasteiger partial charge in [0.05, 0.1) is 6.20 Å². The lowest BCUT2D eigenvalue weighted by Gasteiger charge is -2.36. The van der Waals surface area contributed by atoms with Gasteiger partial charge in [-0.25, -0.2) is 9.78 Å². The van der Waals surface area contributed by atoms with E-state index in [0.717, 1.165) is 28.0 Å². The molecule has 3 aromatic carbocycles. The average molecular weight is 414 g/mol. The summed E-state index contributed by atoms with van der Waals surface area (Å²) in [4.78, 5) is 27.3. The molecular formula is C24H18N2O3S. The predicted octanol–water partition coefficient (Wildman–Crippen LogP) is 4.81. The van der Waals surface area contributed by atoms with Crippen molar-refractivity contribution in [3.8, 4) is 0 Å². The third kappa shape index (κ3) is 3.60. The van der Waals surface area contributed by atoms with Crippen LogP contribution in [0, 0.1) is 0 Å². The molecule has 2 N–H and O–H groups in total. The van der Waals surface area contributed by atoms with Crippen LogP contribution in [-0.2, 0) is 10.3 Å². The van der Waals surface area contributed by atoms with E-state index in [4.69, 9.17) is 5.11 Å². The maximum absolute atomic E-state index is 11.9. The van der Waals surface area contributed by atoms with Gasteiger partial charge < -0.3 is 10.4 Å². The Labute approximate surface area is 177 Å². The Kier molecular flexibility index (Phi) is 5.41. The van der Waals surface area contributed by atoms with Crippen LogP contribution in [0.3, 0.4) is 0 Å². The van der Waals surface area contributed by atoms with Crippen molar-refractivity contribution in [2.75, 3.05) is 5.32 Å². The monoisotopic (exact) mass is 414 g/mol. The summed E-state index contributed by atoms with van der Waals surface area (Å²) >= 11 is 1.03. The largest absolute Gasteiger partial charge is 0.475 e. The molecule has 0 unspecified atom stereocenters. The van der Waals surface area contributed by atoms with E-state index in [1.807, 2.05) is 91.0 Å². The van der Waals surface area contributed by atoms with Gasteiger partial charge in [-0.3, -0.25) is 4.79 Å². The van der Waals surface area contributed by atoms with Crippen LogP contribution in [0.1, 0.15) is 26.4 Å². The Balaban J connectivity index is 1.92. The number of aliphatic carboxylic acids is 1. The summed E-state index contributed by atoms with van der Waals surface area (Å²) in [6, 6.07) is 29.9. The molecule has 4 aromatic rings. The van der Waals surface area contributed by atoms with E-state index < -0.39 is 17.3 Å². The molecule has 30 heavy (non-hydrogen) atoms. The number of nitrogens with one attached hydrogen (secondary N) is 1. The zero-order chi connectivity index (χ0) is 21.0. The Bertz CT molecular complexity index is 1060.